The molecule has 0 spiro atoms. The fourth-order valence-corrected chi connectivity index (χ4v) is 14.4. The molecule has 0 amide bonds. The van der Waals surface area contributed by atoms with Crippen LogP contribution in [0.25, 0.3) is 0 Å². The topological polar surface area (TPSA) is 23.6 Å². The smallest absolute Gasteiger partial charge is 0.133 e. The zero-order chi connectivity index (χ0) is 43.5. The first-order valence-corrected chi connectivity index (χ1v) is 26.2. The van der Waals surface area contributed by atoms with Crippen LogP contribution in [0.15, 0.2) is 11.8 Å². The summed E-state index contributed by atoms with van der Waals surface area (Å²) in [6, 6.07) is 1.86. The molecule has 4 nitrogen and oxygen atoms in total. The zero-order valence-corrected chi connectivity index (χ0v) is 42.3. The Morgan fingerprint density at radius 2 is 1.05 bits per heavy atom. The van der Waals surface area contributed by atoms with Crippen LogP contribution in [-0.4, -0.2) is 78.0 Å². The van der Waals surface area contributed by atoms with E-state index >= 15 is 0 Å². The normalized spacial score (nSPS) is 34.4. The third kappa shape index (κ3) is 17.3. The highest BCUT2D eigenvalue weighted by Crippen LogP contribution is 2.45. The lowest BCUT2D eigenvalue weighted by atomic mass is 9.69. The van der Waals surface area contributed by atoms with Gasteiger partial charge in [-0.2, -0.15) is 0 Å². The Hall–Kier alpha value is -0.870. The Balaban J connectivity index is 0.000000168. The number of hydrogen-bond donors (Lipinski definition) is 0. The van der Waals surface area contributed by atoms with Crippen LogP contribution < -0.4 is 0 Å². The second-order valence-electron chi connectivity index (χ2n) is 25.6. The molecule has 6 atom stereocenters. The van der Waals surface area contributed by atoms with Crippen molar-refractivity contribution in [2.24, 2.45) is 45.3 Å². The van der Waals surface area contributed by atoms with Crippen LogP contribution in [0.4, 0.5) is 0 Å². The van der Waals surface area contributed by atoms with Gasteiger partial charge in [-0.25, -0.2) is 0 Å². The van der Waals surface area contributed by atoms with E-state index in [4.69, 9.17) is 0 Å². The third-order valence-corrected chi connectivity index (χ3v) is 16.2. The first kappa shape index (κ1) is 50.8. The molecule has 7 fully saturated rings. The minimum Gasteiger partial charge on any atom is -0.375 e. The lowest BCUT2D eigenvalue weighted by molar-refractivity contribution is -0.941. The summed E-state index contributed by atoms with van der Waals surface area (Å²) in [5.41, 5.74) is 3.51. The van der Waals surface area contributed by atoms with Gasteiger partial charge in [0.2, 0.25) is 0 Å². The maximum Gasteiger partial charge on any atom is 0.133 e. The highest BCUT2D eigenvalue weighted by atomic mass is 16.1. The quantitative estimate of drug-likeness (QED) is 0.264. The van der Waals surface area contributed by atoms with E-state index in [-0.39, 0.29) is 5.41 Å². The van der Waals surface area contributed by atoms with Crippen molar-refractivity contribution in [3.63, 3.8) is 0 Å². The van der Waals surface area contributed by atoms with Crippen LogP contribution in [-0.2, 0) is 4.79 Å². The van der Waals surface area contributed by atoms with Gasteiger partial charge in [-0.1, -0.05) is 121 Å². The van der Waals surface area contributed by atoms with Crippen LogP contribution in [0.3, 0.4) is 0 Å². The lowest BCUT2D eigenvalue weighted by Crippen LogP contribution is -2.56. The Bertz CT molecular complexity index is 1250. The van der Waals surface area contributed by atoms with Gasteiger partial charge in [0.15, 0.2) is 0 Å². The van der Waals surface area contributed by atoms with E-state index in [1.54, 1.807) is 5.70 Å². The molecule has 3 heterocycles. The fraction of sp³-hybridized carbons (Fsp3) is 0.945. The van der Waals surface area contributed by atoms with Gasteiger partial charge in [-0.15, -0.1) is 0 Å². The Morgan fingerprint density at radius 1 is 0.559 bits per heavy atom. The van der Waals surface area contributed by atoms with Crippen LogP contribution in [0.5, 0.6) is 0 Å². The molecule has 0 bridgehead atoms. The largest absolute Gasteiger partial charge is 0.375 e. The second-order valence-corrected chi connectivity index (χ2v) is 25.6. The van der Waals surface area contributed by atoms with Crippen molar-refractivity contribution in [2.45, 2.75) is 243 Å². The van der Waals surface area contributed by atoms with E-state index in [2.05, 4.69) is 106 Å². The average molecular weight is 823 g/mol. The molecule has 59 heavy (non-hydrogen) atoms. The summed E-state index contributed by atoms with van der Waals surface area (Å²) in [7, 11) is 0. The maximum absolute atomic E-state index is 11.1. The van der Waals surface area contributed by atoms with Crippen LogP contribution in [0.1, 0.15) is 231 Å². The van der Waals surface area contributed by atoms with E-state index in [9.17, 15) is 4.79 Å². The van der Waals surface area contributed by atoms with E-state index in [0.29, 0.717) is 27.9 Å². The summed E-state index contributed by atoms with van der Waals surface area (Å²) in [6.45, 7) is 40.5. The SMILES string of the molecule is C1CCCC1.CC1CC(=O)CC(C)(C)C1.CC1CC(N2CCCC2)=CC(C)(C)C1.CC1CC(N2CCCC2)CC(C)(C)C1.CC[N+]1(C2CC(C)CC(C)(C)C2)CCCC1. The summed E-state index contributed by atoms with van der Waals surface area (Å²) in [6.07, 6.45) is 32.8. The molecule has 4 heteroatoms. The molecule has 8 aliphatic rings. The number of nitrogens with zero attached hydrogens (tertiary/aromatic N) is 3. The molecule has 0 aromatic carbocycles. The van der Waals surface area contributed by atoms with Gasteiger partial charge in [0.05, 0.1) is 25.7 Å². The molecule has 6 unspecified atom stereocenters. The predicted molar refractivity (Wildman–Crippen MR) is 258 cm³/mol. The number of allylic oxidation sites excluding steroid dienone is 2. The lowest BCUT2D eigenvalue weighted by Gasteiger charge is -2.48. The molecule has 0 aromatic heterocycles. The molecule has 8 rings (SSSR count). The Labute approximate surface area is 369 Å². The van der Waals surface area contributed by atoms with Crippen molar-refractivity contribution >= 4 is 5.78 Å². The molecule has 5 aliphatic carbocycles. The number of ketones is 1. The standard InChI is InChI=1S/C15H30N.C13H25N.C13H23N.C9H16O.C5H10/c1-5-16(8-6-7-9-16)14-10-13(2)11-15(3,4)12-14;2*1-11-8-12(10-13(2,3)9-11)14-6-4-5-7-14;1-7-4-8(10)6-9(2,3)5-7;1-2-4-5-3-1/h13-14H,5-12H2,1-4H3;11-12H,4-10H2,1-3H3;10-11H,4-9H2,1-3H3;7H,4-6H2,1-3H3;1-5H2/q+1;;;;. The van der Waals surface area contributed by atoms with Crippen molar-refractivity contribution in [2.75, 3.05) is 45.8 Å². The van der Waals surface area contributed by atoms with Crippen molar-refractivity contribution in [3.8, 4) is 0 Å². The number of rotatable bonds is 4. The molecule has 4 saturated carbocycles. The molecule has 0 aromatic rings. The molecular weight excluding hydrogens is 719 g/mol. The summed E-state index contributed by atoms with van der Waals surface area (Å²) in [5.74, 6) is 3.80. The second kappa shape index (κ2) is 22.7. The van der Waals surface area contributed by atoms with Gasteiger partial charge in [-0.3, -0.25) is 4.79 Å². The number of quaternary nitrogens is 1. The van der Waals surface area contributed by atoms with Gasteiger partial charge in [0.1, 0.15) is 5.78 Å². The molecule has 0 radical (unpaired) electrons. The van der Waals surface area contributed by atoms with Crippen molar-refractivity contribution in [1.29, 1.82) is 0 Å². The summed E-state index contributed by atoms with van der Waals surface area (Å²) >= 11 is 0. The number of likely N-dealkylation sites (tertiary alicyclic amines) is 3. The van der Waals surface area contributed by atoms with Gasteiger partial charge in [0.25, 0.3) is 0 Å². The average Bonchev–Trinajstić information content (AvgIpc) is 3.95. The first-order valence-electron chi connectivity index (χ1n) is 26.2. The number of carbonyl (C=O) groups excluding carboxylic acids is 1. The first-order chi connectivity index (χ1) is 27.6. The van der Waals surface area contributed by atoms with E-state index < -0.39 is 0 Å². The van der Waals surface area contributed by atoms with Crippen molar-refractivity contribution in [3.05, 3.63) is 11.8 Å². The van der Waals surface area contributed by atoms with Crippen LogP contribution >= 0.6 is 0 Å². The van der Waals surface area contributed by atoms with Gasteiger partial charge in [0, 0.05) is 63.4 Å². The highest BCUT2D eigenvalue weighted by Gasteiger charge is 2.45. The van der Waals surface area contributed by atoms with E-state index in [1.165, 1.54) is 179 Å². The highest BCUT2D eigenvalue weighted by molar-refractivity contribution is 5.80. The molecule has 3 saturated heterocycles. The van der Waals surface area contributed by atoms with E-state index in [1.807, 2.05) is 0 Å². The van der Waals surface area contributed by atoms with Gasteiger partial charge >= 0.3 is 0 Å². The van der Waals surface area contributed by atoms with Crippen molar-refractivity contribution < 1.29 is 9.28 Å². The minimum absolute atomic E-state index is 0.273. The van der Waals surface area contributed by atoms with Crippen molar-refractivity contribution in [1.82, 2.24) is 9.80 Å². The van der Waals surface area contributed by atoms with Crippen LogP contribution in [0.2, 0.25) is 0 Å². The summed E-state index contributed by atoms with van der Waals surface area (Å²) in [5, 5.41) is 0. The zero-order valence-electron chi connectivity index (χ0n) is 42.3. The molecule has 0 N–H and O–H groups in total. The predicted octanol–water partition coefficient (Wildman–Crippen LogP) is 14.9. The Kier molecular flexibility index (Phi) is 19.5. The molecule has 3 aliphatic heterocycles. The monoisotopic (exact) mass is 823 g/mol. The third-order valence-electron chi connectivity index (χ3n) is 16.2. The fourth-order valence-electron chi connectivity index (χ4n) is 14.4. The van der Waals surface area contributed by atoms with Gasteiger partial charge in [-0.05, 0) is 136 Å². The summed E-state index contributed by atoms with van der Waals surface area (Å²) < 4.78 is 1.45. The van der Waals surface area contributed by atoms with E-state index in [0.717, 1.165) is 42.7 Å². The molecular formula is C55H104N3O+. The number of hydrogen-bond acceptors (Lipinski definition) is 3. The molecule has 344 valence electrons. The summed E-state index contributed by atoms with van der Waals surface area (Å²) in [4.78, 5) is 16.4. The van der Waals surface area contributed by atoms with Gasteiger partial charge < -0.3 is 14.3 Å². The minimum atomic E-state index is 0.273. The maximum atomic E-state index is 11.1. The number of Topliss-reactive ketones (excluding diaryl/α,β-unsaturated/α-hetero) is 1. The Morgan fingerprint density at radius 3 is 1.53 bits per heavy atom. The van der Waals surface area contributed by atoms with Crippen LogP contribution in [0, 0.1) is 45.3 Å². The number of carbonyl (C=O) groups is 1.